The summed E-state index contributed by atoms with van der Waals surface area (Å²) in [4.78, 5) is 9.52. The third kappa shape index (κ3) is 3.51. The largest absolute Gasteiger partial charge is 0.370 e. The predicted octanol–water partition coefficient (Wildman–Crippen LogP) is 3.76. The van der Waals surface area contributed by atoms with Gasteiger partial charge in [0.1, 0.15) is 5.82 Å². The molecule has 2 aromatic heterocycles. The fourth-order valence-electron chi connectivity index (χ4n) is 5.91. The Kier molecular flexibility index (Phi) is 4.81. The summed E-state index contributed by atoms with van der Waals surface area (Å²) in [7, 11) is 0. The maximum atomic E-state index is 13.8. The number of nitrogens with zero attached hydrogens (tertiary/aromatic N) is 7. The molecule has 1 saturated heterocycles. The molecular weight excluding hydrogens is 405 g/mol. The number of aromatic nitrogens is 5. The first-order valence-electron chi connectivity index (χ1n) is 11.6. The van der Waals surface area contributed by atoms with Crippen LogP contribution in [0, 0.1) is 30.5 Å². The van der Waals surface area contributed by atoms with Crippen molar-refractivity contribution in [1.82, 2.24) is 25.0 Å². The molecule has 1 unspecified atom stereocenters. The molecule has 2 bridgehead atoms. The molecule has 7 nitrogen and oxygen atoms in total. The van der Waals surface area contributed by atoms with Gasteiger partial charge in [0.25, 0.3) is 0 Å². The minimum atomic E-state index is -0.220. The quantitative estimate of drug-likeness (QED) is 0.624. The van der Waals surface area contributed by atoms with Gasteiger partial charge in [-0.3, -0.25) is 0 Å². The molecule has 8 heteroatoms. The molecule has 3 aliphatic rings. The van der Waals surface area contributed by atoms with Crippen LogP contribution in [-0.4, -0.2) is 44.6 Å². The topological polar surface area (TPSA) is 63.0 Å². The number of hydrogen-bond donors (Lipinski definition) is 0. The van der Waals surface area contributed by atoms with E-state index in [0.29, 0.717) is 17.8 Å². The zero-order valence-corrected chi connectivity index (χ0v) is 18.4. The number of hydrogen-bond acceptors (Lipinski definition) is 6. The van der Waals surface area contributed by atoms with E-state index in [1.54, 1.807) is 12.1 Å². The van der Waals surface area contributed by atoms with E-state index in [0.717, 1.165) is 62.2 Å². The molecule has 3 aromatic rings. The second-order valence-electron chi connectivity index (χ2n) is 9.46. The van der Waals surface area contributed by atoms with Crippen molar-refractivity contribution >= 4 is 17.3 Å². The highest BCUT2D eigenvalue weighted by molar-refractivity contribution is 5.58. The maximum absolute atomic E-state index is 13.8. The lowest BCUT2D eigenvalue weighted by atomic mass is 9.82. The Labute approximate surface area is 187 Å². The summed E-state index contributed by atoms with van der Waals surface area (Å²) in [6, 6.07) is 8.90. The van der Waals surface area contributed by atoms with Crippen molar-refractivity contribution in [1.29, 1.82) is 0 Å². The highest BCUT2D eigenvalue weighted by atomic mass is 19.1. The van der Waals surface area contributed by atoms with E-state index in [1.165, 1.54) is 24.6 Å². The van der Waals surface area contributed by atoms with Crippen LogP contribution in [0.1, 0.15) is 30.8 Å². The normalized spacial score (nSPS) is 24.6. The van der Waals surface area contributed by atoms with Gasteiger partial charge >= 0.3 is 0 Å². The molecule has 1 saturated carbocycles. The van der Waals surface area contributed by atoms with Crippen molar-refractivity contribution < 1.29 is 4.39 Å². The zero-order valence-electron chi connectivity index (χ0n) is 18.4. The molecule has 1 aliphatic carbocycles. The van der Waals surface area contributed by atoms with Crippen LogP contribution >= 0.6 is 0 Å². The molecule has 0 amide bonds. The lowest BCUT2D eigenvalue weighted by molar-refractivity contribution is 0.265. The summed E-state index contributed by atoms with van der Waals surface area (Å²) in [5.41, 5.74) is 3.00. The van der Waals surface area contributed by atoms with Crippen LogP contribution in [0.2, 0.25) is 0 Å². The van der Waals surface area contributed by atoms with Crippen LogP contribution in [0.4, 0.5) is 21.7 Å². The monoisotopic (exact) mass is 433 g/mol. The highest BCUT2D eigenvalue weighted by Crippen LogP contribution is 2.44. The first-order chi connectivity index (χ1) is 15.6. The Morgan fingerprint density at radius 2 is 1.91 bits per heavy atom. The number of fused-ring (bicyclic) bond motifs is 3. The van der Waals surface area contributed by atoms with Gasteiger partial charge in [-0.2, -0.15) is 20.3 Å². The van der Waals surface area contributed by atoms with Crippen molar-refractivity contribution in [2.24, 2.45) is 17.8 Å². The van der Waals surface area contributed by atoms with E-state index in [1.807, 2.05) is 23.9 Å². The van der Waals surface area contributed by atoms with Gasteiger partial charge in [0, 0.05) is 38.3 Å². The second kappa shape index (κ2) is 7.83. The highest BCUT2D eigenvalue weighted by Gasteiger charge is 2.42. The number of halogens is 1. The van der Waals surface area contributed by atoms with Crippen LogP contribution in [0.25, 0.3) is 0 Å². The number of aryl methyl sites for hydroxylation is 2. The molecule has 0 radical (unpaired) electrons. The Morgan fingerprint density at radius 1 is 1.06 bits per heavy atom. The van der Waals surface area contributed by atoms with Crippen LogP contribution in [-0.2, 0) is 13.0 Å². The van der Waals surface area contributed by atoms with E-state index < -0.39 is 0 Å². The molecule has 32 heavy (non-hydrogen) atoms. The molecule has 166 valence electrons. The molecule has 6 rings (SSSR count). The average molecular weight is 434 g/mol. The van der Waals surface area contributed by atoms with E-state index >= 15 is 0 Å². The van der Waals surface area contributed by atoms with Gasteiger partial charge in [-0.1, -0.05) is 6.07 Å². The molecule has 1 aromatic carbocycles. The van der Waals surface area contributed by atoms with Gasteiger partial charge in [0.05, 0.1) is 17.6 Å². The number of rotatable bonds is 4. The van der Waals surface area contributed by atoms with Crippen LogP contribution in [0.15, 0.2) is 36.5 Å². The van der Waals surface area contributed by atoms with E-state index in [4.69, 9.17) is 10.1 Å². The molecule has 3 atom stereocenters. The van der Waals surface area contributed by atoms with Gasteiger partial charge in [-0.15, -0.1) is 0 Å². The summed E-state index contributed by atoms with van der Waals surface area (Å²) in [5.74, 6) is 3.49. The summed E-state index contributed by atoms with van der Waals surface area (Å²) in [6.07, 6.45) is 6.33. The van der Waals surface area contributed by atoms with Crippen molar-refractivity contribution in [3.63, 3.8) is 0 Å². The lowest BCUT2D eigenvalue weighted by Gasteiger charge is -2.39. The summed E-state index contributed by atoms with van der Waals surface area (Å²) in [6.45, 7) is 5.83. The van der Waals surface area contributed by atoms with Crippen molar-refractivity contribution in [3.05, 3.63) is 53.9 Å². The van der Waals surface area contributed by atoms with Gasteiger partial charge in [-0.05, 0) is 68.2 Å². The Balaban J connectivity index is 1.20. The Bertz CT molecular complexity index is 1120. The van der Waals surface area contributed by atoms with E-state index in [-0.39, 0.29) is 5.82 Å². The summed E-state index contributed by atoms with van der Waals surface area (Å²) < 4.78 is 15.8. The van der Waals surface area contributed by atoms with Gasteiger partial charge in [0.15, 0.2) is 5.82 Å². The molecule has 0 N–H and O–H groups in total. The first kappa shape index (κ1) is 19.6. The lowest BCUT2D eigenvalue weighted by Crippen LogP contribution is -2.43. The molecule has 2 aliphatic heterocycles. The Morgan fingerprint density at radius 3 is 2.69 bits per heavy atom. The minimum absolute atomic E-state index is 0.220. The third-order valence-corrected chi connectivity index (χ3v) is 7.38. The van der Waals surface area contributed by atoms with Gasteiger partial charge in [-0.25, -0.2) is 9.07 Å². The van der Waals surface area contributed by atoms with E-state index in [2.05, 4.69) is 26.1 Å². The van der Waals surface area contributed by atoms with Crippen LogP contribution in [0.5, 0.6) is 0 Å². The number of benzene rings is 1. The third-order valence-electron chi connectivity index (χ3n) is 7.38. The van der Waals surface area contributed by atoms with Gasteiger partial charge < -0.3 is 9.80 Å². The predicted molar refractivity (Wildman–Crippen MR) is 120 cm³/mol. The SMILES string of the molecule is Cc1cc(N2C[C@H]3CC[C@@H](C2)C3Cc2nc3n(n2)CCCN3c2cccc(F)c2)cnn1. The number of piperidine rings is 1. The fourth-order valence-corrected chi connectivity index (χ4v) is 5.91. The van der Waals surface area contributed by atoms with Crippen LogP contribution < -0.4 is 9.80 Å². The number of anilines is 3. The molecular formula is C24H28FN7. The van der Waals surface area contributed by atoms with Crippen molar-refractivity contribution in [3.8, 4) is 0 Å². The van der Waals surface area contributed by atoms with Gasteiger partial charge in [0.2, 0.25) is 5.95 Å². The van der Waals surface area contributed by atoms with Crippen LogP contribution in [0.3, 0.4) is 0 Å². The maximum Gasteiger partial charge on any atom is 0.228 e. The average Bonchev–Trinajstić information content (AvgIpc) is 3.29. The molecule has 2 fully saturated rings. The fraction of sp³-hybridized carbons (Fsp3) is 0.500. The van der Waals surface area contributed by atoms with Crippen molar-refractivity contribution in [2.75, 3.05) is 29.4 Å². The minimum Gasteiger partial charge on any atom is -0.370 e. The van der Waals surface area contributed by atoms with Crippen molar-refractivity contribution in [2.45, 2.75) is 39.2 Å². The summed E-state index contributed by atoms with van der Waals surface area (Å²) >= 11 is 0. The smallest absolute Gasteiger partial charge is 0.228 e. The summed E-state index contributed by atoms with van der Waals surface area (Å²) in [5, 5.41) is 13.1. The Hall–Kier alpha value is -3.03. The molecule has 4 heterocycles. The zero-order chi connectivity index (χ0) is 21.7. The first-order valence-corrected chi connectivity index (χ1v) is 11.6. The van der Waals surface area contributed by atoms with E-state index in [9.17, 15) is 4.39 Å². The second-order valence-corrected chi connectivity index (χ2v) is 9.46. The standard InChI is InChI=1S/C24H28FN7/c1-16-10-21(13-26-28-16)30-14-17-6-7-18(15-30)22(17)12-23-27-24-31(8-3-9-32(24)29-23)20-5-2-4-19(25)11-20/h2,4-5,10-11,13,17-18,22H,3,6-9,12,14-15H2,1H3/t17-,18+,22?. The molecule has 0 spiro atoms.